The molecule has 0 aromatic carbocycles. The third-order valence-electron chi connectivity index (χ3n) is 2.89. The summed E-state index contributed by atoms with van der Waals surface area (Å²) in [6.45, 7) is 6.47. The highest BCUT2D eigenvalue weighted by Gasteiger charge is 2.40. The molecule has 1 aliphatic heterocycles. The monoisotopic (exact) mass is 202 g/mol. The first-order valence-electron chi connectivity index (χ1n) is 5.31. The predicted molar refractivity (Wildman–Crippen MR) is 55.1 cm³/mol. The molecule has 1 heterocycles. The van der Waals surface area contributed by atoms with Crippen LogP contribution in [0, 0.1) is 11.8 Å². The quantitative estimate of drug-likeness (QED) is 0.653. The molecule has 0 aromatic rings. The number of methoxy groups -OCH3 is 2. The molecule has 0 unspecified atom stereocenters. The first-order chi connectivity index (χ1) is 6.60. The van der Waals surface area contributed by atoms with Crippen LogP contribution in [0.2, 0.25) is 0 Å². The molecule has 0 aliphatic carbocycles. The summed E-state index contributed by atoms with van der Waals surface area (Å²) >= 11 is 0. The Balaban J connectivity index is 2.64. The van der Waals surface area contributed by atoms with Crippen molar-refractivity contribution in [2.24, 2.45) is 11.8 Å². The second-order valence-electron chi connectivity index (χ2n) is 4.39. The summed E-state index contributed by atoms with van der Waals surface area (Å²) in [7, 11) is 3.38. The normalized spacial score (nSPS) is 33.2. The van der Waals surface area contributed by atoms with E-state index in [4.69, 9.17) is 14.2 Å². The summed E-state index contributed by atoms with van der Waals surface area (Å²) in [5.74, 6) is 0.873. The van der Waals surface area contributed by atoms with E-state index in [0.717, 1.165) is 6.42 Å². The van der Waals surface area contributed by atoms with E-state index in [2.05, 4.69) is 20.8 Å². The Morgan fingerprint density at radius 3 is 2.21 bits per heavy atom. The molecular formula is C11H22O3. The Hall–Kier alpha value is -0.120. The van der Waals surface area contributed by atoms with Crippen molar-refractivity contribution >= 4 is 0 Å². The van der Waals surface area contributed by atoms with Gasteiger partial charge in [0, 0.05) is 20.1 Å². The summed E-state index contributed by atoms with van der Waals surface area (Å²) in [5, 5.41) is 0. The lowest BCUT2D eigenvalue weighted by Gasteiger charge is -2.27. The number of ether oxygens (including phenoxy) is 3. The van der Waals surface area contributed by atoms with Crippen molar-refractivity contribution < 1.29 is 14.2 Å². The van der Waals surface area contributed by atoms with Crippen molar-refractivity contribution in [2.75, 3.05) is 14.2 Å². The zero-order valence-electron chi connectivity index (χ0n) is 9.82. The van der Waals surface area contributed by atoms with E-state index < -0.39 is 0 Å². The van der Waals surface area contributed by atoms with Gasteiger partial charge in [-0.3, -0.25) is 0 Å². The summed E-state index contributed by atoms with van der Waals surface area (Å²) < 4.78 is 16.5. The van der Waals surface area contributed by atoms with Gasteiger partial charge in [-0.15, -0.1) is 0 Å². The molecule has 84 valence electrons. The molecule has 14 heavy (non-hydrogen) atoms. The van der Waals surface area contributed by atoms with E-state index in [0.29, 0.717) is 17.9 Å². The third kappa shape index (κ3) is 2.47. The van der Waals surface area contributed by atoms with Gasteiger partial charge in [0.1, 0.15) is 0 Å². The molecule has 0 spiro atoms. The summed E-state index contributed by atoms with van der Waals surface area (Å²) in [6.07, 6.45) is 1.47. The minimum atomic E-state index is -0.132. The van der Waals surface area contributed by atoms with Crippen LogP contribution >= 0.6 is 0 Å². The molecule has 0 aromatic heterocycles. The largest absolute Gasteiger partial charge is 0.375 e. The van der Waals surface area contributed by atoms with Gasteiger partial charge < -0.3 is 14.2 Å². The maximum atomic E-state index is 5.86. The van der Waals surface area contributed by atoms with Crippen LogP contribution < -0.4 is 0 Å². The fourth-order valence-corrected chi connectivity index (χ4v) is 2.31. The minimum Gasteiger partial charge on any atom is -0.375 e. The smallest absolute Gasteiger partial charge is 0.162 e. The standard InChI is InChI=1S/C11H22O3/c1-7(2)10-9(6-8(3)14-10)11(12-4)13-5/h7-11H,6H2,1-5H3/t8-,9-,10-/m0/s1. The molecule has 0 amide bonds. The van der Waals surface area contributed by atoms with E-state index in [1.54, 1.807) is 14.2 Å². The van der Waals surface area contributed by atoms with Gasteiger partial charge in [0.25, 0.3) is 0 Å². The van der Waals surface area contributed by atoms with Crippen LogP contribution in [0.1, 0.15) is 27.2 Å². The van der Waals surface area contributed by atoms with Crippen LogP contribution in [0.25, 0.3) is 0 Å². The van der Waals surface area contributed by atoms with Crippen molar-refractivity contribution in [1.82, 2.24) is 0 Å². The molecule has 3 atom stereocenters. The maximum Gasteiger partial charge on any atom is 0.162 e. The highest BCUT2D eigenvalue weighted by atomic mass is 16.7. The van der Waals surface area contributed by atoms with Crippen LogP contribution in [0.5, 0.6) is 0 Å². The van der Waals surface area contributed by atoms with Crippen LogP contribution in [0.15, 0.2) is 0 Å². The molecule has 0 saturated carbocycles. The summed E-state index contributed by atoms with van der Waals surface area (Å²) in [4.78, 5) is 0. The average molecular weight is 202 g/mol. The SMILES string of the molecule is COC(OC)[C@H]1C[C@H](C)O[C@H]1C(C)C. The lowest BCUT2D eigenvalue weighted by atomic mass is 9.91. The second kappa shape index (κ2) is 5.10. The average Bonchev–Trinajstić information content (AvgIpc) is 2.50. The Labute approximate surface area is 86.7 Å². The van der Waals surface area contributed by atoms with Gasteiger partial charge in [-0.05, 0) is 19.3 Å². The predicted octanol–water partition coefficient (Wildman–Crippen LogP) is 2.05. The Kier molecular flexibility index (Phi) is 4.35. The van der Waals surface area contributed by atoms with Crippen molar-refractivity contribution in [3.05, 3.63) is 0 Å². The van der Waals surface area contributed by atoms with Crippen molar-refractivity contribution in [3.63, 3.8) is 0 Å². The zero-order valence-corrected chi connectivity index (χ0v) is 9.82. The molecule has 1 aliphatic rings. The van der Waals surface area contributed by atoms with E-state index in [9.17, 15) is 0 Å². The van der Waals surface area contributed by atoms with E-state index in [1.807, 2.05) is 0 Å². The lowest BCUT2D eigenvalue weighted by Crippen LogP contribution is -2.34. The van der Waals surface area contributed by atoms with Gasteiger partial charge in [-0.25, -0.2) is 0 Å². The Morgan fingerprint density at radius 2 is 1.79 bits per heavy atom. The van der Waals surface area contributed by atoms with Gasteiger partial charge in [0.05, 0.1) is 12.2 Å². The van der Waals surface area contributed by atoms with Gasteiger partial charge in [-0.2, -0.15) is 0 Å². The lowest BCUT2D eigenvalue weighted by molar-refractivity contribution is -0.153. The molecule has 1 saturated heterocycles. The molecule has 0 bridgehead atoms. The van der Waals surface area contributed by atoms with Gasteiger partial charge in [0.2, 0.25) is 0 Å². The Morgan fingerprint density at radius 1 is 1.21 bits per heavy atom. The molecular weight excluding hydrogens is 180 g/mol. The number of rotatable bonds is 4. The van der Waals surface area contributed by atoms with Gasteiger partial charge in [-0.1, -0.05) is 13.8 Å². The van der Waals surface area contributed by atoms with E-state index in [1.165, 1.54) is 0 Å². The maximum absolute atomic E-state index is 5.86. The fourth-order valence-electron chi connectivity index (χ4n) is 2.31. The number of hydrogen-bond donors (Lipinski definition) is 0. The summed E-state index contributed by atoms with van der Waals surface area (Å²) in [5.41, 5.74) is 0. The molecule has 1 rings (SSSR count). The van der Waals surface area contributed by atoms with Gasteiger partial charge >= 0.3 is 0 Å². The molecule has 1 fully saturated rings. The third-order valence-corrected chi connectivity index (χ3v) is 2.89. The van der Waals surface area contributed by atoms with Crippen molar-refractivity contribution in [1.29, 1.82) is 0 Å². The highest BCUT2D eigenvalue weighted by molar-refractivity contribution is 4.84. The first-order valence-corrected chi connectivity index (χ1v) is 5.31. The molecule has 3 heteroatoms. The van der Waals surface area contributed by atoms with Crippen LogP contribution in [0.3, 0.4) is 0 Å². The topological polar surface area (TPSA) is 27.7 Å². The molecule has 3 nitrogen and oxygen atoms in total. The molecule has 0 N–H and O–H groups in total. The van der Waals surface area contributed by atoms with E-state index in [-0.39, 0.29) is 12.4 Å². The van der Waals surface area contributed by atoms with Gasteiger partial charge in [0.15, 0.2) is 6.29 Å². The van der Waals surface area contributed by atoms with Crippen LogP contribution in [-0.4, -0.2) is 32.7 Å². The fraction of sp³-hybridized carbons (Fsp3) is 1.00. The highest BCUT2D eigenvalue weighted by Crippen LogP contribution is 2.34. The Bertz CT molecular complexity index is 166. The number of hydrogen-bond acceptors (Lipinski definition) is 3. The zero-order chi connectivity index (χ0) is 10.7. The minimum absolute atomic E-state index is 0.132. The first kappa shape index (κ1) is 12.0. The molecule has 0 radical (unpaired) electrons. The second-order valence-corrected chi connectivity index (χ2v) is 4.39. The summed E-state index contributed by atoms with van der Waals surface area (Å²) in [6, 6.07) is 0. The van der Waals surface area contributed by atoms with Crippen LogP contribution in [-0.2, 0) is 14.2 Å². The van der Waals surface area contributed by atoms with Crippen molar-refractivity contribution in [2.45, 2.75) is 45.7 Å². The van der Waals surface area contributed by atoms with Crippen molar-refractivity contribution in [3.8, 4) is 0 Å². The van der Waals surface area contributed by atoms with E-state index >= 15 is 0 Å². The van der Waals surface area contributed by atoms with Crippen LogP contribution in [0.4, 0.5) is 0 Å².